The predicted octanol–water partition coefficient (Wildman–Crippen LogP) is 1.11. The van der Waals surface area contributed by atoms with Gasteiger partial charge in [-0.1, -0.05) is 13.0 Å². The van der Waals surface area contributed by atoms with E-state index in [1.54, 1.807) is 24.4 Å². The summed E-state index contributed by atoms with van der Waals surface area (Å²) < 4.78 is 1.39. The summed E-state index contributed by atoms with van der Waals surface area (Å²) in [5, 5.41) is 14.7. The van der Waals surface area contributed by atoms with Crippen molar-refractivity contribution in [3.05, 3.63) is 46.4 Å². The number of hydrogen-bond acceptors (Lipinski definition) is 4. The molecule has 2 heterocycles. The second-order valence-electron chi connectivity index (χ2n) is 4.55. The zero-order valence-electron chi connectivity index (χ0n) is 11.7. The minimum atomic E-state index is -0.284. The van der Waals surface area contributed by atoms with E-state index in [1.807, 2.05) is 6.92 Å². The molecule has 1 amide bonds. The lowest BCUT2D eigenvalue weighted by atomic mass is 10.2. The van der Waals surface area contributed by atoms with Crippen molar-refractivity contribution in [1.82, 2.24) is 9.72 Å². The summed E-state index contributed by atoms with van der Waals surface area (Å²) in [7, 11) is 0. The highest BCUT2D eigenvalue weighted by atomic mass is 16.2. The predicted molar refractivity (Wildman–Crippen MR) is 80.2 cm³/mol. The Hall–Kier alpha value is -2.81. The van der Waals surface area contributed by atoms with Gasteiger partial charge in [-0.25, -0.2) is 0 Å². The van der Waals surface area contributed by atoms with Crippen molar-refractivity contribution in [2.45, 2.75) is 13.3 Å². The number of pyridine rings is 2. The number of aromatic nitrogens is 1. The first-order valence-electron chi connectivity index (χ1n) is 6.72. The first-order valence-corrected chi connectivity index (χ1v) is 6.72. The van der Waals surface area contributed by atoms with E-state index in [2.05, 4.69) is 16.7 Å². The number of nitriles is 1. The van der Waals surface area contributed by atoms with Crippen molar-refractivity contribution in [2.75, 3.05) is 18.4 Å². The van der Waals surface area contributed by atoms with Crippen LogP contribution < -0.4 is 16.2 Å². The molecule has 6 nitrogen and oxygen atoms in total. The van der Waals surface area contributed by atoms with Gasteiger partial charge in [-0.3, -0.25) is 14.0 Å². The molecule has 6 heteroatoms. The van der Waals surface area contributed by atoms with Gasteiger partial charge in [0.2, 0.25) is 5.91 Å². The fourth-order valence-electron chi connectivity index (χ4n) is 1.97. The Balaban J connectivity index is 2.29. The molecule has 2 aromatic rings. The highest BCUT2D eigenvalue weighted by Crippen LogP contribution is 2.11. The van der Waals surface area contributed by atoms with E-state index in [0.717, 1.165) is 6.42 Å². The normalized spacial score (nSPS) is 10.1. The van der Waals surface area contributed by atoms with Crippen LogP contribution in [0.2, 0.25) is 0 Å². The lowest BCUT2D eigenvalue weighted by Crippen LogP contribution is -2.32. The van der Waals surface area contributed by atoms with E-state index in [1.165, 1.54) is 10.5 Å². The lowest BCUT2D eigenvalue weighted by Gasteiger charge is -2.09. The lowest BCUT2D eigenvalue weighted by molar-refractivity contribution is -0.119. The third-order valence-corrected chi connectivity index (χ3v) is 3.01. The summed E-state index contributed by atoms with van der Waals surface area (Å²) in [6.07, 6.45) is 2.45. The van der Waals surface area contributed by atoms with Gasteiger partial charge in [0.1, 0.15) is 11.8 Å². The first-order chi connectivity index (χ1) is 10.2. The van der Waals surface area contributed by atoms with Crippen molar-refractivity contribution in [3.8, 4) is 6.07 Å². The van der Waals surface area contributed by atoms with Crippen molar-refractivity contribution in [1.29, 1.82) is 5.26 Å². The zero-order chi connectivity index (χ0) is 15.2. The highest BCUT2D eigenvalue weighted by molar-refractivity contribution is 5.81. The maximum atomic E-state index is 12.3. The Bertz CT molecular complexity index is 758. The first kappa shape index (κ1) is 14.6. The molecule has 0 fully saturated rings. The van der Waals surface area contributed by atoms with Crippen molar-refractivity contribution in [3.63, 3.8) is 0 Å². The van der Waals surface area contributed by atoms with Gasteiger partial charge in [0.05, 0.1) is 17.6 Å². The average molecular weight is 284 g/mol. The number of carbonyl (C=O) groups is 1. The van der Waals surface area contributed by atoms with Gasteiger partial charge in [0.25, 0.3) is 5.56 Å². The van der Waals surface area contributed by atoms with E-state index >= 15 is 0 Å². The van der Waals surface area contributed by atoms with Crippen LogP contribution in [0, 0.1) is 11.3 Å². The molecular formula is C15H16N4O2. The van der Waals surface area contributed by atoms with Crippen LogP contribution in [0.5, 0.6) is 0 Å². The Kier molecular flexibility index (Phi) is 4.57. The molecule has 0 unspecified atom stereocenters. The molecule has 0 spiro atoms. The maximum absolute atomic E-state index is 12.3. The van der Waals surface area contributed by atoms with E-state index in [4.69, 9.17) is 0 Å². The standard InChI is InChI=1S/C15H16N4O2/c1-2-6-17-14(20)10-18-12-8-11(9-16)13-5-3-4-7-19(13)15(12)21/h3-5,7-8,18H,2,6,10H2,1H3,(H,17,20). The quantitative estimate of drug-likeness (QED) is 0.861. The van der Waals surface area contributed by atoms with Crippen LogP contribution in [-0.4, -0.2) is 23.4 Å². The summed E-state index contributed by atoms with van der Waals surface area (Å²) in [6.45, 7) is 2.56. The molecule has 0 saturated heterocycles. The number of rotatable bonds is 5. The molecule has 0 radical (unpaired) electrons. The third-order valence-electron chi connectivity index (χ3n) is 3.01. The van der Waals surface area contributed by atoms with E-state index in [9.17, 15) is 14.9 Å². The van der Waals surface area contributed by atoms with E-state index in [-0.39, 0.29) is 23.7 Å². The van der Waals surface area contributed by atoms with Crippen molar-refractivity contribution in [2.24, 2.45) is 0 Å². The average Bonchev–Trinajstić information content (AvgIpc) is 2.52. The van der Waals surface area contributed by atoms with Gasteiger partial charge in [-0.15, -0.1) is 0 Å². The van der Waals surface area contributed by atoms with Gasteiger partial charge in [0, 0.05) is 12.7 Å². The Labute approximate surface area is 122 Å². The summed E-state index contributed by atoms with van der Waals surface area (Å²) in [6, 6.07) is 8.72. The molecule has 2 N–H and O–H groups in total. The summed E-state index contributed by atoms with van der Waals surface area (Å²) in [5.41, 5.74) is 0.882. The van der Waals surface area contributed by atoms with Crippen molar-refractivity contribution < 1.29 is 4.79 Å². The summed E-state index contributed by atoms with van der Waals surface area (Å²) in [4.78, 5) is 23.8. The molecule has 0 bridgehead atoms. The molecule has 0 aromatic carbocycles. The fraction of sp³-hybridized carbons (Fsp3) is 0.267. The van der Waals surface area contributed by atoms with Gasteiger partial charge in [-0.05, 0) is 24.6 Å². The minimum absolute atomic E-state index is 0.000983. The van der Waals surface area contributed by atoms with Gasteiger partial charge in [0.15, 0.2) is 0 Å². The van der Waals surface area contributed by atoms with Crippen LogP contribution in [0.1, 0.15) is 18.9 Å². The molecule has 0 aliphatic heterocycles. The molecule has 108 valence electrons. The van der Waals surface area contributed by atoms with Crippen molar-refractivity contribution >= 4 is 17.1 Å². The second kappa shape index (κ2) is 6.57. The summed E-state index contributed by atoms with van der Waals surface area (Å²) >= 11 is 0. The number of nitrogens with zero attached hydrogens (tertiary/aromatic N) is 2. The largest absolute Gasteiger partial charge is 0.372 e. The number of fused-ring (bicyclic) bond motifs is 1. The third kappa shape index (κ3) is 3.20. The molecule has 2 rings (SSSR count). The fourth-order valence-corrected chi connectivity index (χ4v) is 1.97. The number of amides is 1. The van der Waals surface area contributed by atoms with Gasteiger partial charge >= 0.3 is 0 Å². The Morgan fingerprint density at radius 3 is 2.95 bits per heavy atom. The molecule has 21 heavy (non-hydrogen) atoms. The van der Waals surface area contributed by atoms with Crippen LogP contribution in [0.15, 0.2) is 35.3 Å². The zero-order valence-corrected chi connectivity index (χ0v) is 11.7. The van der Waals surface area contributed by atoms with E-state index in [0.29, 0.717) is 17.6 Å². The van der Waals surface area contributed by atoms with Gasteiger partial charge < -0.3 is 10.6 Å². The topological polar surface area (TPSA) is 86.4 Å². The van der Waals surface area contributed by atoms with Crippen LogP contribution >= 0.6 is 0 Å². The van der Waals surface area contributed by atoms with Gasteiger partial charge in [-0.2, -0.15) is 5.26 Å². The monoisotopic (exact) mass is 284 g/mol. The van der Waals surface area contributed by atoms with Crippen LogP contribution in [0.3, 0.4) is 0 Å². The smallest absolute Gasteiger partial charge is 0.278 e. The molecule has 0 atom stereocenters. The van der Waals surface area contributed by atoms with Crippen LogP contribution in [0.4, 0.5) is 5.69 Å². The summed E-state index contributed by atoms with van der Waals surface area (Å²) in [5.74, 6) is -0.187. The van der Waals surface area contributed by atoms with Crippen LogP contribution in [-0.2, 0) is 4.79 Å². The molecule has 2 aromatic heterocycles. The number of nitrogens with one attached hydrogen (secondary N) is 2. The van der Waals surface area contributed by atoms with Crippen LogP contribution in [0.25, 0.3) is 5.52 Å². The van der Waals surface area contributed by atoms with E-state index < -0.39 is 0 Å². The Morgan fingerprint density at radius 1 is 1.43 bits per heavy atom. The molecule has 0 aliphatic carbocycles. The number of anilines is 1. The number of hydrogen-bond donors (Lipinski definition) is 2. The number of carbonyl (C=O) groups excluding carboxylic acids is 1. The molecule has 0 aliphatic rings. The Morgan fingerprint density at radius 2 is 2.24 bits per heavy atom. The minimum Gasteiger partial charge on any atom is -0.372 e. The molecule has 0 saturated carbocycles. The SMILES string of the molecule is CCCNC(=O)CNc1cc(C#N)c2ccccn2c1=O. The maximum Gasteiger partial charge on any atom is 0.278 e. The molecular weight excluding hydrogens is 268 g/mol. The highest BCUT2D eigenvalue weighted by Gasteiger charge is 2.09. The second-order valence-corrected chi connectivity index (χ2v) is 4.55.